The number of hydrogen-bond donors (Lipinski definition) is 1. The number of amides is 2. The predicted octanol–water partition coefficient (Wildman–Crippen LogP) is 1.06. The van der Waals surface area contributed by atoms with Gasteiger partial charge in [-0.3, -0.25) is 14.5 Å². The van der Waals surface area contributed by atoms with Crippen molar-refractivity contribution >= 4 is 29.1 Å². The second kappa shape index (κ2) is 6.58. The lowest BCUT2D eigenvalue weighted by Crippen LogP contribution is -2.96. The Labute approximate surface area is 161 Å². The van der Waals surface area contributed by atoms with E-state index in [1.807, 2.05) is 53.2 Å². The molecule has 2 fully saturated rings. The van der Waals surface area contributed by atoms with Crippen LogP contribution in [-0.4, -0.2) is 36.3 Å². The molecule has 2 aliphatic rings. The van der Waals surface area contributed by atoms with E-state index in [2.05, 4.69) is 0 Å². The van der Waals surface area contributed by atoms with Crippen LogP contribution in [0.25, 0.3) is 0 Å². The largest absolute Gasteiger partial charge is 0.464 e. The van der Waals surface area contributed by atoms with Crippen molar-refractivity contribution < 1.29 is 24.4 Å². The van der Waals surface area contributed by atoms with Crippen molar-refractivity contribution in [1.82, 2.24) is 4.90 Å². The second-order valence-electron chi connectivity index (χ2n) is 6.86. The summed E-state index contributed by atoms with van der Waals surface area (Å²) in [7, 11) is 1.33. The Bertz CT molecular complexity index is 883. The molecule has 0 radical (unpaired) electrons. The van der Waals surface area contributed by atoms with Crippen LogP contribution in [0.3, 0.4) is 0 Å². The molecule has 7 heteroatoms. The number of methoxy groups -OCH3 is 1. The summed E-state index contributed by atoms with van der Waals surface area (Å²) >= 11 is 1.53. The molecule has 140 valence electrons. The van der Waals surface area contributed by atoms with E-state index in [1.54, 1.807) is 6.92 Å². The lowest BCUT2D eigenvalue weighted by atomic mass is 9.75. The van der Waals surface area contributed by atoms with Gasteiger partial charge >= 0.3 is 5.97 Å². The lowest BCUT2D eigenvalue weighted by Gasteiger charge is -2.29. The summed E-state index contributed by atoms with van der Waals surface area (Å²) in [6, 6.07) is 12.7. The quantitative estimate of drug-likeness (QED) is 0.630. The monoisotopic (exact) mass is 385 g/mol. The number of benzene rings is 1. The number of rotatable bonds is 4. The van der Waals surface area contributed by atoms with E-state index >= 15 is 0 Å². The Morgan fingerprint density at radius 2 is 1.93 bits per heavy atom. The van der Waals surface area contributed by atoms with Crippen LogP contribution in [0.2, 0.25) is 0 Å². The molecule has 2 saturated heterocycles. The Morgan fingerprint density at radius 1 is 1.19 bits per heavy atom. The summed E-state index contributed by atoms with van der Waals surface area (Å²) in [6.07, 6.45) is 0. The van der Waals surface area contributed by atoms with E-state index < -0.39 is 23.3 Å². The van der Waals surface area contributed by atoms with Gasteiger partial charge in [-0.1, -0.05) is 36.4 Å². The minimum atomic E-state index is -1.27. The molecule has 0 saturated carbocycles. The number of fused-ring (bicyclic) bond motifs is 1. The Hall–Kier alpha value is -2.51. The number of ether oxygens (including phenoxy) is 1. The Balaban J connectivity index is 1.95. The highest BCUT2D eigenvalue weighted by atomic mass is 32.1. The number of quaternary nitrogens is 1. The van der Waals surface area contributed by atoms with Crippen LogP contribution in [0, 0.1) is 11.8 Å². The predicted molar refractivity (Wildman–Crippen MR) is 98.5 cm³/mol. The number of nitrogens with zero attached hydrogens (tertiary/aromatic N) is 1. The maximum atomic E-state index is 13.2. The summed E-state index contributed by atoms with van der Waals surface area (Å²) in [5.74, 6) is -2.37. The highest BCUT2D eigenvalue weighted by molar-refractivity contribution is 7.10. The van der Waals surface area contributed by atoms with E-state index in [-0.39, 0.29) is 17.9 Å². The molecule has 1 aromatic heterocycles. The zero-order valence-electron chi connectivity index (χ0n) is 15.1. The second-order valence-corrected chi connectivity index (χ2v) is 7.84. The van der Waals surface area contributed by atoms with Crippen LogP contribution in [0.4, 0.5) is 0 Å². The van der Waals surface area contributed by atoms with Gasteiger partial charge in [0.15, 0.2) is 0 Å². The molecule has 2 amide bonds. The van der Waals surface area contributed by atoms with Crippen molar-refractivity contribution in [3.8, 4) is 0 Å². The van der Waals surface area contributed by atoms with E-state index in [0.717, 1.165) is 4.88 Å². The average Bonchev–Trinajstić information content (AvgIpc) is 3.39. The molecule has 4 atom stereocenters. The smallest absolute Gasteiger partial charge is 0.373 e. The highest BCUT2D eigenvalue weighted by Gasteiger charge is 2.73. The SMILES string of the molecule is CCN1C(=O)[C@H]2[C@@H](C1=O)[C@@](C(=O)OC)(c1ccccc1)[NH2+][C@H]2c1cccs1. The van der Waals surface area contributed by atoms with Crippen LogP contribution in [0.5, 0.6) is 0 Å². The lowest BCUT2D eigenvalue weighted by molar-refractivity contribution is -0.741. The van der Waals surface area contributed by atoms with Crippen LogP contribution >= 0.6 is 11.3 Å². The molecule has 0 unspecified atom stereocenters. The molecule has 1 aromatic carbocycles. The van der Waals surface area contributed by atoms with E-state index in [4.69, 9.17) is 4.74 Å². The van der Waals surface area contributed by atoms with Gasteiger partial charge in [0.25, 0.3) is 0 Å². The van der Waals surface area contributed by atoms with E-state index in [9.17, 15) is 14.4 Å². The van der Waals surface area contributed by atoms with Gasteiger partial charge in [-0.15, -0.1) is 11.3 Å². The van der Waals surface area contributed by atoms with Crippen LogP contribution in [0.1, 0.15) is 23.4 Å². The summed E-state index contributed by atoms with van der Waals surface area (Å²) in [5.41, 5.74) is -0.587. The number of nitrogens with two attached hydrogens (primary N) is 1. The van der Waals surface area contributed by atoms with Gasteiger partial charge in [0, 0.05) is 12.1 Å². The topological polar surface area (TPSA) is 80.3 Å². The first-order valence-corrected chi connectivity index (χ1v) is 9.82. The van der Waals surface area contributed by atoms with Gasteiger partial charge in [0.1, 0.15) is 17.9 Å². The van der Waals surface area contributed by atoms with Gasteiger partial charge in [-0.2, -0.15) is 0 Å². The third kappa shape index (κ3) is 2.38. The Morgan fingerprint density at radius 3 is 2.52 bits per heavy atom. The molecule has 0 aliphatic carbocycles. The number of hydrogen-bond acceptors (Lipinski definition) is 5. The number of imide groups is 1. The molecule has 27 heavy (non-hydrogen) atoms. The normalized spacial score (nSPS) is 29.9. The zero-order chi connectivity index (χ0) is 19.2. The van der Waals surface area contributed by atoms with Crippen LogP contribution in [0.15, 0.2) is 47.8 Å². The third-order valence-corrected chi connectivity index (χ3v) is 6.70. The molecule has 2 aromatic rings. The fourth-order valence-electron chi connectivity index (χ4n) is 4.61. The van der Waals surface area contributed by atoms with Crippen LogP contribution in [-0.2, 0) is 24.7 Å². The summed E-state index contributed by atoms with van der Waals surface area (Å²) in [6.45, 7) is 2.08. The summed E-state index contributed by atoms with van der Waals surface area (Å²) < 4.78 is 5.17. The molecule has 4 rings (SSSR count). The fourth-order valence-corrected chi connectivity index (χ4v) is 5.45. The highest BCUT2D eigenvalue weighted by Crippen LogP contribution is 2.49. The van der Waals surface area contributed by atoms with E-state index in [0.29, 0.717) is 12.1 Å². The van der Waals surface area contributed by atoms with Crippen molar-refractivity contribution in [2.24, 2.45) is 11.8 Å². The summed E-state index contributed by atoms with van der Waals surface area (Å²) in [5, 5.41) is 3.82. The number of esters is 1. The number of carbonyl (C=O) groups excluding carboxylic acids is 3. The van der Waals surface area contributed by atoms with Crippen molar-refractivity contribution in [2.45, 2.75) is 18.5 Å². The fraction of sp³-hybridized carbons (Fsp3) is 0.350. The van der Waals surface area contributed by atoms with Crippen molar-refractivity contribution in [2.75, 3.05) is 13.7 Å². The molecular weight excluding hydrogens is 364 g/mol. The molecule has 2 aliphatic heterocycles. The minimum Gasteiger partial charge on any atom is -0.464 e. The first-order chi connectivity index (χ1) is 13.1. The molecule has 2 N–H and O–H groups in total. The minimum absolute atomic E-state index is 0.205. The van der Waals surface area contributed by atoms with Crippen molar-refractivity contribution in [3.63, 3.8) is 0 Å². The van der Waals surface area contributed by atoms with Crippen molar-refractivity contribution in [3.05, 3.63) is 58.3 Å². The van der Waals surface area contributed by atoms with E-state index in [1.165, 1.54) is 23.3 Å². The molecule has 0 spiro atoms. The van der Waals surface area contributed by atoms with Crippen LogP contribution < -0.4 is 5.32 Å². The zero-order valence-corrected chi connectivity index (χ0v) is 15.9. The number of carbonyl (C=O) groups is 3. The molecular formula is C20H21N2O4S+. The molecule has 3 heterocycles. The van der Waals surface area contributed by atoms with Gasteiger partial charge in [0.2, 0.25) is 17.4 Å². The first kappa shape index (κ1) is 17.9. The maximum absolute atomic E-state index is 13.2. The van der Waals surface area contributed by atoms with Crippen molar-refractivity contribution in [1.29, 1.82) is 0 Å². The number of likely N-dealkylation sites (tertiary alicyclic amines) is 1. The van der Waals surface area contributed by atoms with Gasteiger partial charge in [-0.05, 0) is 18.4 Å². The first-order valence-electron chi connectivity index (χ1n) is 8.94. The third-order valence-electron chi connectivity index (χ3n) is 5.72. The molecule has 0 bridgehead atoms. The Kier molecular flexibility index (Phi) is 4.36. The summed E-state index contributed by atoms with van der Waals surface area (Å²) in [4.78, 5) is 41.7. The standard InChI is InChI=1S/C20H20N2O4S/c1-3-22-17(23)14-15(18(22)24)20(19(25)26-2,12-8-5-4-6-9-12)21-16(14)13-10-7-11-27-13/h4-11,14-16,21H,3H2,1-2H3/p+1/t14-,15-,16-,20+/m0/s1. The average molecular weight is 385 g/mol. The number of thiophene rings is 1. The van der Waals surface area contributed by atoms with Gasteiger partial charge in [-0.25, -0.2) is 4.79 Å². The van der Waals surface area contributed by atoms with Gasteiger partial charge < -0.3 is 10.1 Å². The van der Waals surface area contributed by atoms with Gasteiger partial charge in [0.05, 0.1) is 12.0 Å². The molecule has 6 nitrogen and oxygen atoms in total. The maximum Gasteiger partial charge on any atom is 0.373 e.